The molecule has 2 amide bonds. The molecule has 14 heteroatoms. The van der Waals surface area contributed by atoms with Crippen LogP contribution < -0.4 is 10.6 Å². The van der Waals surface area contributed by atoms with Crippen LogP contribution in [0.4, 0.5) is 18.0 Å². The van der Waals surface area contributed by atoms with E-state index >= 15 is 0 Å². The molecule has 1 atom stereocenters. The van der Waals surface area contributed by atoms with Crippen molar-refractivity contribution >= 4 is 45.0 Å². The van der Waals surface area contributed by atoms with Crippen molar-refractivity contribution in [2.45, 2.75) is 69.9 Å². The maximum absolute atomic E-state index is 14.1. The zero-order valence-electron chi connectivity index (χ0n) is 23.0. The number of halogens is 5. The maximum Gasteiger partial charge on any atom is 0.416 e. The number of sulfone groups is 1. The summed E-state index contributed by atoms with van der Waals surface area (Å²) < 4.78 is 72.4. The lowest BCUT2D eigenvalue weighted by atomic mass is 10.0. The van der Waals surface area contributed by atoms with Crippen LogP contribution in [0.15, 0.2) is 35.2 Å². The first-order chi connectivity index (χ1) is 18.9. The van der Waals surface area contributed by atoms with Gasteiger partial charge in [0.2, 0.25) is 0 Å². The highest BCUT2D eigenvalue weighted by molar-refractivity contribution is 7.91. The van der Waals surface area contributed by atoms with E-state index in [0.717, 1.165) is 12.1 Å². The van der Waals surface area contributed by atoms with Crippen molar-refractivity contribution in [3.05, 3.63) is 62.6 Å². The molecule has 1 aliphatic heterocycles. The fourth-order valence-electron chi connectivity index (χ4n) is 4.40. The Balaban J connectivity index is 1.77. The van der Waals surface area contributed by atoms with Crippen LogP contribution in [-0.4, -0.2) is 55.8 Å². The molecule has 0 aliphatic carbocycles. The molecule has 41 heavy (non-hydrogen) atoms. The number of alkyl carbamates (subject to hydrolysis) is 1. The lowest BCUT2D eigenvalue weighted by molar-refractivity contribution is -0.138. The number of carbonyl (C=O) groups is 2. The highest BCUT2D eigenvalue weighted by Crippen LogP contribution is 2.37. The molecule has 1 heterocycles. The number of hydrogen-bond acceptors (Lipinski definition) is 6. The fraction of sp³-hybridized carbons (Fsp3) is 0.481. The molecule has 1 aliphatic rings. The Bertz CT molecular complexity index is 1410. The normalized spacial score (nSPS) is 16.5. The average molecular weight is 639 g/mol. The molecule has 226 valence electrons. The first-order valence-electron chi connectivity index (χ1n) is 12.8. The molecule has 2 N–H and O–H groups in total. The molecule has 2 aromatic carbocycles. The summed E-state index contributed by atoms with van der Waals surface area (Å²) in [4.78, 5) is 26.7. The van der Waals surface area contributed by atoms with Crippen LogP contribution >= 0.6 is 23.2 Å². The summed E-state index contributed by atoms with van der Waals surface area (Å²) in [5.74, 6) is -1.05. The van der Waals surface area contributed by atoms with Crippen LogP contribution in [0.2, 0.25) is 10.0 Å². The van der Waals surface area contributed by atoms with E-state index in [1.165, 1.54) is 25.1 Å². The van der Waals surface area contributed by atoms with Crippen molar-refractivity contribution in [1.29, 1.82) is 0 Å². The fourth-order valence-corrected chi connectivity index (χ4v) is 5.99. The van der Waals surface area contributed by atoms with E-state index in [-0.39, 0.29) is 63.1 Å². The Labute approximate surface area is 247 Å². The Morgan fingerprint density at radius 2 is 1.80 bits per heavy atom. The van der Waals surface area contributed by atoms with E-state index in [1.807, 2.05) is 0 Å². The van der Waals surface area contributed by atoms with E-state index < -0.39 is 39.2 Å². The van der Waals surface area contributed by atoms with Gasteiger partial charge < -0.3 is 15.4 Å². The number of benzene rings is 2. The molecule has 0 bridgehead atoms. The molecule has 1 fully saturated rings. The van der Waals surface area contributed by atoms with Crippen molar-refractivity contribution in [2.24, 2.45) is 0 Å². The number of likely N-dealkylation sites (tertiary alicyclic amines) is 1. The first-order valence-corrected chi connectivity index (χ1v) is 15.2. The molecule has 0 saturated carbocycles. The van der Waals surface area contributed by atoms with Gasteiger partial charge >= 0.3 is 12.3 Å². The number of nitrogens with zero attached hydrogens (tertiary/aromatic N) is 1. The highest BCUT2D eigenvalue weighted by Gasteiger charge is 2.37. The average Bonchev–Trinajstić information content (AvgIpc) is 3.28. The third kappa shape index (κ3) is 8.97. The lowest BCUT2D eigenvalue weighted by Gasteiger charge is -2.23. The van der Waals surface area contributed by atoms with Gasteiger partial charge in [-0.25, -0.2) is 13.2 Å². The third-order valence-electron chi connectivity index (χ3n) is 6.32. The van der Waals surface area contributed by atoms with E-state index in [2.05, 4.69) is 10.6 Å². The molecule has 8 nitrogen and oxygen atoms in total. The van der Waals surface area contributed by atoms with Gasteiger partial charge in [-0.05, 0) is 68.7 Å². The van der Waals surface area contributed by atoms with Crippen LogP contribution in [0.3, 0.4) is 0 Å². The highest BCUT2D eigenvalue weighted by atomic mass is 35.5. The van der Waals surface area contributed by atoms with Gasteiger partial charge in [0.1, 0.15) is 5.60 Å². The number of amides is 2. The standard InChI is InChI=1S/C27H32Cl2F3N3O5S/c1-5-41(38,39)23-7-6-18(28)10-17(23)13-33-24(36)16-11-21(27(30,31)32)20(22(29)12-16)15-35-9-8-19(14-35)34-25(37)40-26(2,3)4/h6-7,10-12,19H,5,8-9,13-15H2,1-4H3,(H,33,36)(H,34,37)/t19-/m0/s1. The van der Waals surface area contributed by atoms with Crippen LogP contribution in [0, 0.1) is 0 Å². The smallest absolute Gasteiger partial charge is 0.416 e. The van der Waals surface area contributed by atoms with Gasteiger partial charge in [-0.1, -0.05) is 30.1 Å². The molecule has 1 saturated heterocycles. The van der Waals surface area contributed by atoms with E-state index in [9.17, 15) is 31.2 Å². The van der Waals surface area contributed by atoms with Gasteiger partial charge in [-0.2, -0.15) is 13.2 Å². The summed E-state index contributed by atoms with van der Waals surface area (Å²) >= 11 is 12.3. The van der Waals surface area contributed by atoms with Gasteiger partial charge in [0.25, 0.3) is 5.91 Å². The number of nitrogens with one attached hydrogen (secondary N) is 2. The second kappa shape index (κ2) is 12.8. The van der Waals surface area contributed by atoms with Gasteiger partial charge in [-0.15, -0.1) is 0 Å². The predicted octanol–water partition coefficient (Wildman–Crippen LogP) is 5.83. The topological polar surface area (TPSA) is 105 Å². The molecule has 2 aromatic rings. The number of hydrogen-bond donors (Lipinski definition) is 2. The largest absolute Gasteiger partial charge is 0.444 e. The number of alkyl halides is 3. The van der Waals surface area contributed by atoms with Gasteiger partial charge in [-0.3, -0.25) is 9.69 Å². The maximum atomic E-state index is 14.1. The SMILES string of the molecule is CCS(=O)(=O)c1ccc(Cl)cc1CNC(=O)c1cc(Cl)c(CN2CC[C@H](NC(=O)OC(C)(C)C)C2)c(C(F)(F)F)c1. The summed E-state index contributed by atoms with van der Waals surface area (Å²) in [5, 5.41) is 5.19. The summed E-state index contributed by atoms with van der Waals surface area (Å²) in [6, 6.07) is 5.67. The quantitative estimate of drug-likeness (QED) is 0.377. The van der Waals surface area contributed by atoms with Crippen LogP contribution in [0.5, 0.6) is 0 Å². The summed E-state index contributed by atoms with van der Waals surface area (Å²) in [5.41, 5.74) is -2.07. The second-order valence-electron chi connectivity index (χ2n) is 10.7. The first kappa shape index (κ1) is 33.0. The third-order valence-corrected chi connectivity index (χ3v) is 8.72. The molecule has 0 spiro atoms. The zero-order valence-corrected chi connectivity index (χ0v) is 25.3. The van der Waals surface area contributed by atoms with Crippen molar-refractivity contribution < 1.29 is 35.9 Å². The van der Waals surface area contributed by atoms with E-state index in [1.54, 1.807) is 25.7 Å². The second-order valence-corrected chi connectivity index (χ2v) is 13.8. The lowest BCUT2D eigenvalue weighted by Crippen LogP contribution is -2.40. The minimum Gasteiger partial charge on any atom is -0.444 e. The monoisotopic (exact) mass is 637 g/mol. The summed E-state index contributed by atoms with van der Waals surface area (Å²) in [6.07, 6.45) is -4.90. The molecule has 3 rings (SSSR count). The molecule has 0 aromatic heterocycles. The van der Waals surface area contributed by atoms with Gasteiger partial charge in [0.15, 0.2) is 9.84 Å². The summed E-state index contributed by atoms with van der Waals surface area (Å²) in [6.45, 7) is 6.92. The Kier molecular flexibility index (Phi) is 10.3. The molecular weight excluding hydrogens is 606 g/mol. The van der Waals surface area contributed by atoms with Crippen molar-refractivity contribution in [1.82, 2.24) is 15.5 Å². The zero-order chi connectivity index (χ0) is 30.8. The van der Waals surface area contributed by atoms with Gasteiger partial charge in [0, 0.05) is 47.8 Å². The predicted molar refractivity (Wildman–Crippen MR) is 150 cm³/mol. The van der Waals surface area contributed by atoms with Crippen LogP contribution in [0.1, 0.15) is 61.2 Å². The van der Waals surface area contributed by atoms with Crippen molar-refractivity contribution in [3.63, 3.8) is 0 Å². The van der Waals surface area contributed by atoms with E-state index in [4.69, 9.17) is 27.9 Å². The minimum atomic E-state index is -4.81. The minimum absolute atomic E-state index is 0.0286. The van der Waals surface area contributed by atoms with Crippen molar-refractivity contribution in [2.75, 3.05) is 18.8 Å². The molecule has 0 unspecified atom stereocenters. The Morgan fingerprint density at radius 1 is 1.12 bits per heavy atom. The number of carbonyl (C=O) groups excluding carboxylic acids is 2. The summed E-state index contributed by atoms with van der Waals surface area (Å²) in [7, 11) is -3.64. The van der Waals surface area contributed by atoms with Crippen molar-refractivity contribution in [3.8, 4) is 0 Å². The van der Waals surface area contributed by atoms with E-state index in [0.29, 0.717) is 13.0 Å². The number of ether oxygens (including phenoxy) is 1. The molecular formula is C27H32Cl2F3N3O5S. The Morgan fingerprint density at radius 3 is 2.41 bits per heavy atom. The van der Waals surface area contributed by atoms with Crippen LogP contribution in [0.25, 0.3) is 0 Å². The molecule has 0 radical (unpaired) electrons. The Hall–Kier alpha value is -2.54. The van der Waals surface area contributed by atoms with Crippen LogP contribution in [-0.2, 0) is 33.8 Å². The van der Waals surface area contributed by atoms with Gasteiger partial charge in [0.05, 0.1) is 16.2 Å². The number of rotatable bonds is 8.